The van der Waals surface area contributed by atoms with E-state index in [-0.39, 0.29) is 16.9 Å². The van der Waals surface area contributed by atoms with E-state index >= 15 is 0 Å². The van der Waals surface area contributed by atoms with Crippen molar-refractivity contribution in [2.24, 2.45) is 0 Å². The van der Waals surface area contributed by atoms with Crippen molar-refractivity contribution in [1.29, 1.82) is 0 Å². The lowest BCUT2D eigenvalue weighted by molar-refractivity contribution is 0.0696. The minimum Gasteiger partial charge on any atom is -0.478 e. The summed E-state index contributed by atoms with van der Waals surface area (Å²) in [5.41, 5.74) is 7.19. The fourth-order valence-electron chi connectivity index (χ4n) is 1.55. The number of aromatic nitrogens is 2. The van der Waals surface area contributed by atoms with E-state index in [1.54, 1.807) is 13.0 Å². The molecule has 0 saturated carbocycles. The van der Waals surface area contributed by atoms with Crippen molar-refractivity contribution in [3.63, 3.8) is 0 Å². The zero-order chi connectivity index (χ0) is 14.0. The molecule has 0 aliphatic heterocycles. The predicted molar refractivity (Wildman–Crippen MR) is 69.1 cm³/mol. The molecular weight excluding hydrogens is 248 g/mol. The highest BCUT2D eigenvalue weighted by Crippen LogP contribution is 2.18. The van der Waals surface area contributed by atoms with Gasteiger partial charge < -0.3 is 16.2 Å². The van der Waals surface area contributed by atoms with Crippen LogP contribution in [0.2, 0.25) is 0 Å². The fraction of sp³-hybridized carbons (Fsp3) is 0.0833. The fourth-order valence-corrected chi connectivity index (χ4v) is 1.55. The highest BCUT2D eigenvalue weighted by molar-refractivity contribution is 6.06. The number of carbonyl (C=O) groups excluding carboxylic acids is 1. The first-order valence-electron chi connectivity index (χ1n) is 5.43. The highest BCUT2D eigenvalue weighted by atomic mass is 16.4. The maximum atomic E-state index is 11.9. The Kier molecular flexibility index (Phi) is 3.19. The summed E-state index contributed by atoms with van der Waals surface area (Å²) in [6.45, 7) is 1.76. The average molecular weight is 260 g/mol. The van der Waals surface area contributed by atoms with E-state index in [4.69, 9.17) is 10.8 Å². The topological polar surface area (TPSA) is 121 Å². The van der Waals surface area contributed by atoms with Crippen LogP contribution < -0.4 is 11.1 Å². The number of benzene rings is 1. The summed E-state index contributed by atoms with van der Waals surface area (Å²) in [4.78, 5) is 22.8. The van der Waals surface area contributed by atoms with Gasteiger partial charge in [0.05, 0.1) is 17.4 Å². The monoisotopic (exact) mass is 260 g/mol. The zero-order valence-electron chi connectivity index (χ0n) is 10.1. The molecule has 0 saturated heterocycles. The second kappa shape index (κ2) is 4.81. The molecule has 0 spiro atoms. The lowest BCUT2D eigenvalue weighted by Gasteiger charge is -2.08. The molecule has 0 atom stereocenters. The van der Waals surface area contributed by atoms with E-state index in [2.05, 4.69) is 15.5 Å². The molecule has 0 radical (unpaired) electrons. The number of aryl methyl sites for hydroxylation is 1. The maximum absolute atomic E-state index is 11.9. The van der Waals surface area contributed by atoms with E-state index in [0.717, 1.165) is 5.56 Å². The molecule has 5 N–H and O–H groups in total. The Balaban J connectivity index is 2.28. The van der Waals surface area contributed by atoms with Crippen LogP contribution >= 0.6 is 0 Å². The highest BCUT2D eigenvalue weighted by Gasteiger charge is 2.14. The van der Waals surface area contributed by atoms with E-state index in [1.165, 1.54) is 18.3 Å². The molecule has 1 aromatic heterocycles. The van der Waals surface area contributed by atoms with Gasteiger partial charge in [-0.25, -0.2) is 4.79 Å². The summed E-state index contributed by atoms with van der Waals surface area (Å²) in [6, 6.07) is 4.48. The van der Waals surface area contributed by atoms with Crippen LogP contribution in [-0.4, -0.2) is 27.2 Å². The van der Waals surface area contributed by atoms with Gasteiger partial charge in [-0.2, -0.15) is 5.10 Å². The molecule has 2 rings (SSSR count). The molecule has 2 aromatic rings. The molecule has 7 nitrogen and oxygen atoms in total. The van der Waals surface area contributed by atoms with Gasteiger partial charge in [0, 0.05) is 5.69 Å². The number of anilines is 2. The zero-order valence-corrected chi connectivity index (χ0v) is 10.1. The first-order valence-corrected chi connectivity index (χ1v) is 5.43. The Morgan fingerprint density at radius 1 is 1.42 bits per heavy atom. The summed E-state index contributed by atoms with van der Waals surface area (Å²) in [6.07, 6.45) is 1.33. The molecule has 19 heavy (non-hydrogen) atoms. The molecular formula is C12H12N4O3. The van der Waals surface area contributed by atoms with Gasteiger partial charge in [-0.3, -0.25) is 9.89 Å². The van der Waals surface area contributed by atoms with Crippen molar-refractivity contribution in [3.05, 3.63) is 41.2 Å². The third-order valence-corrected chi connectivity index (χ3v) is 2.63. The van der Waals surface area contributed by atoms with Crippen LogP contribution in [0.4, 0.5) is 11.4 Å². The number of amides is 1. The average Bonchev–Trinajstić information content (AvgIpc) is 2.78. The standard InChI is InChI=1S/C12H12N4O3/c1-6-2-3-7(12(18)19)4-9(6)15-11(17)10-8(13)5-14-16-10/h2-5H,13H2,1H3,(H,14,16)(H,15,17)(H,18,19). The van der Waals surface area contributed by atoms with Gasteiger partial charge in [0.1, 0.15) is 5.69 Å². The van der Waals surface area contributed by atoms with E-state index < -0.39 is 11.9 Å². The number of carboxylic acids is 1. The quantitative estimate of drug-likeness (QED) is 0.661. The molecule has 1 amide bonds. The van der Waals surface area contributed by atoms with Crippen LogP contribution in [0.25, 0.3) is 0 Å². The third kappa shape index (κ3) is 2.54. The van der Waals surface area contributed by atoms with Crippen LogP contribution in [0.3, 0.4) is 0 Å². The molecule has 0 fully saturated rings. The lowest BCUT2D eigenvalue weighted by Crippen LogP contribution is -2.15. The van der Waals surface area contributed by atoms with Crippen molar-refractivity contribution < 1.29 is 14.7 Å². The first kappa shape index (κ1) is 12.6. The van der Waals surface area contributed by atoms with Gasteiger partial charge in [-0.05, 0) is 24.6 Å². The lowest BCUT2D eigenvalue weighted by atomic mass is 10.1. The summed E-state index contributed by atoms with van der Waals surface area (Å²) in [7, 11) is 0. The van der Waals surface area contributed by atoms with Crippen LogP contribution in [0.1, 0.15) is 26.4 Å². The number of nitrogens with two attached hydrogens (primary N) is 1. The van der Waals surface area contributed by atoms with Crippen LogP contribution in [0, 0.1) is 6.92 Å². The number of hydrogen-bond donors (Lipinski definition) is 4. The predicted octanol–water partition coefficient (Wildman–Crippen LogP) is 1.25. The molecule has 0 aliphatic carbocycles. The normalized spacial score (nSPS) is 10.2. The number of nitrogens with zero attached hydrogens (tertiary/aromatic N) is 1. The van der Waals surface area contributed by atoms with Gasteiger partial charge >= 0.3 is 5.97 Å². The Morgan fingerprint density at radius 2 is 2.16 bits per heavy atom. The molecule has 1 heterocycles. The first-order chi connectivity index (χ1) is 8.99. The molecule has 98 valence electrons. The SMILES string of the molecule is Cc1ccc(C(=O)O)cc1NC(=O)c1[nH]ncc1N. The van der Waals surface area contributed by atoms with Gasteiger partial charge in [-0.1, -0.05) is 6.07 Å². The summed E-state index contributed by atoms with van der Waals surface area (Å²) < 4.78 is 0. The number of aromatic carboxylic acids is 1. The summed E-state index contributed by atoms with van der Waals surface area (Å²) in [5.74, 6) is -1.53. The second-order valence-corrected chi connectivity index (χ2v) is 3.99. The second-order valence-electron chi connectivity index (χ2n) is 3.99. The number of nitrogens with one attached hydrogen (secondary N) is 2. The van der Waals surface area contributed by atoms with Gasteiger partial charge in [0.15, 0.2) is 0 Å². The molecule has 0 unspecified atom stereocenters. The number of nitrogen functional groups attached to an aromatic ring is 1. The van der Waals surface area contributed by atoms with Crippen molar-refractivity contribution in [2.75, 3.05) is 11.1 Å². The van der Waals surface area contributed by atoms with E-state index in [9.17, 15) is 9.59 Å². The smallest absolute Gasteiger partial charge is 0.335 e. The number of aromatic amines is 1. The minimum atomic E-state index is -1.06. The summed E-state index contributed by atoms with van der Waals surface area (Å²) >= 11 is 0. The van der Waals surface area contributed by atoms with Crippen LogP contribution in [-0.2, 0) is 0 Å². The minimum absolute atomic E-state index is 0.0958. The molecule has 0 aliphatic rings. The van der Waals surface area contributed by atoms with Gasteiger partial charge in [0.25, 0.3) is 5.91 Å². The van der Waals surface area contributed by atoms with Gasteiger partial charge in [-0.15, -0.1) is 0 Å². The molecule has 7 heteroatoms. The Bertz CT molecular complexity index is 648. The number of hydrogen-bond acceptors (Lipinski definition) is 4. The number of rotatable bonds is 3. The van der Waals surface area contributed by atoms with Crippen LogP contribution in [0.15, 0.2) is 24.4 Å². The third-order valence-electron chi connectivity index (χ3n) is 2.63. The number of H-pyrrole nitrogens is 1. The van der Waals surface area contributed by atoms with Gasteiger partial charge in [0.2, 0.25) is 0 Å². The van der Waals surface area contributed by atoms with Crippen molar-refractivity contribution >= 4 is 23.3 Å². The Hall–Kier alpha value is -2.83. The van der Waals surface area contributed by atoms with Crippen molar-refractivity contribution in [2.45, 2.75) is 6.92 Å². The number of carbonyl (C=O) groups is 2. The maximum Gasteiger partial charge on any atom is 0.335 e. The van der Waals surface area contributed by atoms with Crippen molar-refractivity contribution in [3.8, 4) is 0 Å². The van der Waals surface area contributed by atoms with Crippen LogP contribution in [0.5, 0.6) is 0 Å². The van der Waals surface area contributed by atoms with E-state index in [0.29, 0.717) is 5.69 Å². The molecule has 1 aromatic carbocycles. The van der Waals surface area contributed by atoms with E-state index in [1.807, 2.05) is 0 Å². The van der Waals surface area contributed by atoms with Crippen molar-refractivity contribution in [1.82, 2.24) is 10.2 Å². The molecule has 0 bridgehead atoms. The summed E-state index contributed by atoms with van der Waals surface area (Å²) in [5, 5.41) is 17.6. The number of carboxylic acid groups (broad SMARTS) is 1. The largest absolute Gasteiger partial charge is 0.478 e. The Morgan fingerprint density at radius 3 is 2.74 bits per heavy atom. The Labute approximate surface area is 108 Å².